The number of halogens is 1. The number of nitrogens with zero attached hydrogens (tertiary/aromatic N) is 2. The standard InChI is InChI=1S/C17H15BrN2O/c18-17-13-7-1-2-8-14(13)20(15(17)9-4-6-12-21)16-10-3-5-11-19-16/h1-8,10-11,21H,9,12H2/b6-4+. The Bertz CT molecular complexity index is 778. The maximum Gasteiger partial charge on any atom is 0.137 e. The van der Waals surface area contributed by atoms with Crippen LogP contribution in [0.5, 0.6) is 0 Å². The quantitative estimate of drug-likeness (QED) is 0.730. The van der Waals surface area contributed by atoms with Gasteiger partial charge < -0.3 is 5.11 Å². The van der Waals surface area contributed by atoms with Crippen LogP contribution in [-0.4, -0.2) is 21.3 Å². The fraction of sp³-hybridized carbons (Fsp3) is 0.118. The van der Waals surface area contributed by atoms with Crippen molar-refractivity contribution in [3.05, 3.63) is 71.0 Å². The van der Waals surface area contributed by atoms with E-state index in [1.54, 1.807) is 12.3 Å². The van der Waals surface area contributed by atoms with Crippen LogP contribution in [0, 0.1) is 0 Å². The van der Waals surface area contributed by atoms with E-state index in [1.165, 1.54) is 0 Å². The summed E-state index contributed by atoms with van der Waals surface area (Å²) in [4.78, 5) is 4.47. The molecule has 0 aliphatic carbocycles. The summed E-state index contributed by atoms with van der Waals surface area (Å²) in [5.41, 5.74) is 2.25. The molecule has 1 aromatic carbocycles. The SMILES string of the molecule is OC/C=C/Cc1c(Br)c2ccccc2n1-c1ccccn1. The molecular weight excluding hydrogens is 328 g/mol. The molecule has 106 valence electrons. The van der Waals surface area contributed by atoms with E-state index in [9.17, 15) is 0 Å². The summed E-state index contributed by atoms with van der Waals surface area (Å²) in [5, 5.41) is 10.1. The minimum absolute atomic E-state index is 0.0570. The zero-order chi connectivity index (χ0) is 14.7. The van der Waals surface area contributed by atoms with Crippen LogP contribution in [0.15, 0.2) is 65.3 Å². The molecule has 21 heavy (non-hydrogen) atoms. The summed E-state index contributed by atoms with van der Waals surface area (Å²) in [6.07, 6.45) is 6.25. The Morgan fingerprint density at radius 3 is 2.67 bits per heavy atom. The number of aromatic nitrogens is 2. The molecule has 0 saturated heterocycles. The van der Waals surface area contributed by atoms with Gasteiger partial charge in [-0.05, 0) is 34.1 Å². The van der Waals surface area contributed by atoms with Crippen molar-refractivity contribution in [2.24, 2.45) is 0 Å². The molecule has 0 atom stereocenters. The van der Waals surface area contributed by atoms with Gasteiger partial charge in [-0.1, -0.05) is 36.4 Å². The Balaban J connectivity index is 2.24. The second-order valence-corrected chi connectivity index (χ2v) is 5.45. The van der Waals surface area contributed by atoms with Gasteiger partial charge in [0.1, 0.15) is 5.82 Å². The molecule has 0 amide bonds. The van der Waals surface area contributed by atoms with Crippen molar-refractivity contribution in [2.45, 2.75) is 6.42 Å². The molecular formula is C17H15BrN2O. The topological polar surface area (TPSA) is 38.0 Å². The number of hydrogen-bond donors (Lipinski definition) is 1. The first-order valence-corrected chi connectivity index (χ1v) is 7.57. The van der Waals surface area contributed by atoms with Gasteiger partial charge in [0, 0.05) is 28.2 Å². The highest BCUT2D eigenvalue weighted by molar-refractivity contribution is 9.10. The molecule has 1 N–H and O–H groups in total. The fourth-order valence-corrected chi connectivity index (χ4v) is 3.13. The Morgan fingerprint density at radius 1 is 1.10 bits per heavy atom. The lowest BCUT2D eigenvalue weighted by atomic mass is 10.2. The van der Waals surface area contributed by atoms with Crippen molar-refractivity contribution in [3.8, 4) is 5.82 Å². The summed E-state index contributed by atoms with van der Waals surface area (Å²) in [7, 11) is 0. The van der Waals surface area contributed by atoms with Crippen molar-refractivity contribution in [1.82, 2.24) is 9.55 Å². The van der Waals surface area contributed by atoms with Crippen LogP contribution >= 0.6 is 15.9 Å². The molecule has 0 bridgehead atoms. The van der Waals surface area contributed by atoms with Crippen LogP contribution in [0.2, 0.25) is 0 Å². The van der Waals surface area contributed by atoms with E-state index in [0.29, 0.717) is 0 Å². The Kier molecular flexibility index (Phi) is 4.18. The molecule has 2 heterocycles. The van der Waals surface area contributed by atoms with Crippen LogP contribution < -0.4 is 0 Å². The summed E-state index contributed by atoms with van der Waals surface area (Å²) >= 11 is 3.71. The second kappa shape index (κ2) is 6.24. The Morgan fingerprint density at radius 2 is 1.90 bits per heavy atom. The normalized spacial score (nSPS) is 11.5. The molecule has 4 heteroatoms. The van der Waals surface area contributed by atoms with E-state index in [1.807, 2.05) is 36.4 Å². The van der Waals surface area contributed by atoms with Gasteiger partial charge in [-0.2, -0.15) is 0 Å². The predicted molar refractivity (Wildman–Crippen MR) is 88.7 cm³/mol. The van der Waals surface area contributed by atoms with Gasteiger partial charge in [-0.25, -0.2) is 4.98 Å². The van der Waals surface area contributed by atoms with E-state index in [4.69, 9.17) is 5.11 Å². The lowest BCUT2D eigenvalue weighted by Gasteiger charge is -2.08. The van der Waals surface area contributed by atoms with Gasteiger partial charge >= 0.3 is 0 Å². The highest BCUT2D eigenvalue weighted by Gasteiger charge is 2.15. The van der Waals surface area contributed by atoms with Crippen molar-refractivity contribution >= 4 is 26.8 Å². The second-order valence-electron chi connectivity index (χ2n) is 4.66. The van der Waals surface area contributed by atoms with Crippen LogP contribution in [0.3, 0.4) is 0 Å². The molecule has 3 aromatic rings. The van der Waals surface area contributed by atoms with Gasteiger partial charge in [-0.3, -0.25) is 4.57 Å². The number of rotatable bonds is 4. The van der Waals surface area contributed by atoms with E-state index < -0.39 is 0 Å². The molecule has 0 radical (unpaired) electrons. The van der Waals surface area contributed by atoms with Crippen molar-refractivity contribution in [1.29, 1.82) is 0 Å². The average Bonchev–Trinajstić information content (AvgIpc) is 2.82. The number of aliphatic hydroxyl groups is 1. The lowest BCUT2D eigenvalue weighted by Crippen LogP contribution is -2.01. The van der Waals surface area contributed by atoms with Crippen LogP contribution in [0.25, 0.3) is 16.7 Å². The number of pyridine rings is 1. The Hall–Kier alpha value is -1.91. The summed E-state index contributed by atoms with van der Waals surface area (Å²) in [6, 6.07) is 14.1. The maximum absolute atomic E-state index is 8.92. The van der Waals surface area contributed by atoms with E-state index in [2.05, 4.69) is 37.6 Å². The molecule has 0 spiro atoms. The zero-order valence-electron chi connectivity index (χ0n) is 11.4. The van der Waals surface area contributed by atoms with Crippen LogP contribution in [0.4, 0.5) is 0 Å². The number of fused-ring (bicyclic) bond motifs is 1. The van der Waals surface area contributed by atoms with Gasteiger partial charge in [0.15, 0.2) is 0 Å². The monoisotopic (exact) mass is 342 g/mol. The number of allylic oxidation sites excluding steroid dienone is 1. The molecule has 0 aliphatic heterocycles. The zero-order valence-corrected chi connectivity index (χ0v) is 13.0. The lowest BCUT2D eigenvalue weighted by molar-refractivity contribution is 0.342. The van der Waals surface area contributed by atoms with Crippen molar-refractivity contribution in [3.63, 3.8) is 0 Å². The van der Waals surface area contributed by atoms with Gasteiger partial charge in [0.25, 0.3) is 0 Å². The molecule has 0 fully saturated rings. The first-order chi connectivity index (χ1) is 10.3. The first kappa shape index (κ1) is 14.0. The van der Waals surface area contributed by atoms with E-state index in [-0.39, 0.29) is 6.61 Å². The third kappa shape index (κ3) is 2.64. The highest BCUT2D eigenvalue weighted by Crippen LogP contribution is 2.33. The third-order valence-corrected chi connectivity index (χ3v) is 4.25. The fourth-order valence-electron chi connectivity index (χ4n) is 2.45. The number of benzene rings is 1. The number of aliphatic hydroxyl groups excluding tert-OH is 1. The summed E-state index contributed by atoms with van der Waals surface area (Å²) in [6.45, 7) is 0.0570. The molecule has 0 aliphatic rings. The van der Waals surface area contributed by atoms with E-state index >= 15 is 0 Å². The third-order valence-electron chi connectivity index (χ3n) is 3.37. The summed E-state index contributed by atoms with van der Waals surface area (Å²) < 4.78 is 3.23. The molecule has 3 nitrogen and oxygen atoms in total. The molecule has 0 unspecified atom stereocenters. The highest BCUT2D eigenvalue weighted by atomic mass is 79.9. The first-order valence-electron chi connectivity index (χ1n) is 6.78. The van der Waals surface area contributed by atoms with Gasteiger partial charge in [-0.15, -0.1) is 0 Å². The van der Waals surface area contributed by atoms with Crippen molar-refractivity contribution < 1.29 is 5.11 Å². The number of hydrogen-bond acceptors (Lipinski definition) is 2. The maximum atomic E-state index is 8.92. The molecule has 3 rings (SSSR count). The Labute approximate surface area is 131 Å². The van der Waals surface area contributed by atoms with Crippen molar-refractivity contribution in [2.75, 3.05) is 6.61 Å². The smallest absolute Gasteiger partial charge is 0.137 e. The van der Waals surface area contributed by atoms with E-state index in [0.717, 1.165) is 33.3 Å². The average molecular weight is 343 g/mol. The largest absolute Gasteiger partial charge is 0.392 e. The molecule has 2 aromatic heterocycles. The van der Waals surface area contributed by atoms with Crippen LogP contribution in [0.1, 0.15) is 5.69 Å². The minimum atomic E-state index is 0.0570. The minimum Gasteiger partial charge on any atom is -0.392 e. The van der Waals surface area contributed by atoms with Gasteiger partial charge in [0.05, 0.1) is 12.1 Å². The number of para-hydroxylation sites is 1. The van der Waals surface area contributed by atoms with Crippen LogP contribution in [-0.2, 0) is 6.42 Å². The molecule has 0 saturated carbocycles. The predicted octanol–water partition coefficient (Wildman–Crippen LogP) is 3.88. The summed E-state index contributed by atoms with van der Waals surface area (Å²) in [5.74, 6) is 0.895. The van der Waals surface area contributed by atoms with Gasteiger partial charge in [0.2, 0.25) is 0 Å².